The number of benzene rings is 1. The van der Waals surface area contributed by atoms with Gasteiger partial charge in [0.25, 0.3) is 0 Å². The van der Waals surface area contributed by atoms with Gasteiger partial charge in [-0.15, -0.1) is 0 Å². The molecule has 1 N–H and O–H groups in total. The van der Waals surface area contributed by atoms with Crippen molar-refractivity contribution < 1.29 is 9.90 Å². The third-order valence-corrected chi connectivity index (χ3v) is 2.34. The van der Waals surface area contributed by atoms with E-state index in [2.05, 4.69) is 0 Å². The predicted octanol–water partition coefficient (Wildman–Crippen LogP) is 2.14. The van der Waals surface area contributed by atoms with E-state index in [1.807, 2.05) is 0 Å². The summed E-state index contributed by atoms with van der Waals surface area (Å²) < 4.78 is 0. The maximum atomic E-state index is 11.1. The molecule has 1 aromatic rings. The molecular weight excluding hydrogens is 188 g/mol. The lowest BCUT2D eigenvalue weighted by Crippen LogP contribution is -2.29. The van der Waals surface area contributed by atoms with E-state index in [1.54, 1.807) is 24.3 Å². The van der Waals surface area contributed by atoms with Gasteiger partial charge in [-0.3, -0.25) is 4.79 Å². The Hall–Kier alpha value is -0.860. The zero-order chi connectivity index (χ0) is 10.1. The summed E-state index contributed by atoms with van der Waals surface area (Å²) in [5, 5.41) is 10.3. The molecule has 0 saturated carbocycles. The molecule has 13 heavy (non-hydrogen) atoms. The fourth-order valence-corrected chi connectivity index (χ4v) is 1.10. The minimum atomic E-state index is -1.41. The molecule has 0 aromatic heterocycles. The van der Waals surface area contributed by atoms with Crippen LogP contribution in [-0.2, 0) is 10.4 Å². The maximum Gasteiger partial charge on any atom is 0.165 e. The van der Waals surface area contributed by atoms with Gasteiger partial charge in [-0.2, -0.15) is 0 Å². The van der Waals surface area contributed by atoms with Crippen molar-refractivity contribution in [1.29, 1.82) is 0 Å². The van der Waals surface area contributed by atoms with Crippen LogP contribution >= 0.6 is 11.6 Å². The van der Waals surface area contributed by atoms with Gasteiger partial charge >= 0.3 is 0 Å². The molecule has 0 fully saturated rings. The average molecular weight is 199 g/mol. The Kier molecular flexibility index (Phi) is 2.74. The molecule has 3 heteroatoms. The van der Waals surface area contributed by atoms with Crippen LogP contribution in [0, 0.1) is 0 Å². The standard InChI is InChI=1S/C10H11ClO2/c1-7(12)10(2,13)8-3-5-9(11)6-4-8/h3-6,13H,1-2H3. The van der Waals surface area contributed by atoms with Gasteiger partial charge in [0.2, 0.25) is 0 Å². The highest BCUT2D eigenvalue weighted by Crippen LogP contribution is 2.22. The Morgan fingerprint density at radius 3 is 2.23 bits per heavy atom. The fourth-order valence-electron chi connectivity index (χ4n) is 0.978. The molecule has 0 heterocycles. The zero-order valence-corrected chi connectivity index (χ0v) is 8.30. The smallest absolute Gasteiger partial charge is 0.165 e. The highest BCUT2D eigenvalue weighted by atomic mass is 35.5. The summed E-state index contributed by atoms with van der Waals surface area (Å²) in [6, 6.07) is 6.58. The summed E-state index contributed by atoms with van der Waals surface area (Å²) in [5.74, 6) is -0.283. The molecule has 0 aliphatic heterocycles. The van der Waals surface area contributed by atoms with Crippen molar-refractivity contribution in [2.75, 3.05) is 0 Å². The second-order valence-corrected chi connectivity index (χ2v) is 3.57. The number of aliphatic hydroxyl groups is 1. The summed E-state index contributed by atoms with van der Waals surface area (Å²) in [4.78, 5) is 11.1. The van der Waals surface area contributed by atoms with Gasteiger partial charge in [0, 0.05) is 5.02 Å². The molecule has 1 aromatic carbocycles. The lowest BCUT2D eigenvalue weighted by atomic mass is 9.92. The maximum absolute atomic E-state index is 11.1. The molecule has 0 bridgehead atoms. The molecule has 0 radical (unpaired) electrons. The summed E-state index contributed by atoms with van der Waals surface area (Å²) in [7, 11) is 0. The minimum absolute atomic E-state index is 0.283. The zero-order valence-electron chi connectivity index (χ0n) is 7.54. The van der Waals surface area contributed by atoms with E-state index in [1.165, 1.54) is 13.8 Å². The second-order valence-electron chi connectivity index (χ2n) is 3.14. The summed E-state index contributed by atoms with van der Waals surface area (Å²) >= 11 is 5.67. The molecule has 1 atom stereocenters. The van der Waals surface area contributed by atoms with Gasteiger partial charge in [-0.25, -0.2) is 0 Å². The van der Waals surface area contributed by atoms with E-state index in [4.69, 9.17) is 11.6 Å². The number of ketones is 1. The minimum Gasteiger partial charge on any atom is -0.378 e. The number of Topliss-reactive ketones (excluding diaryl/α,β-unsaturated/α-hetero) is 1. The van der Waals surface area contributed by atoms with Crippen LogP contribution in [0.2, 0.25) is 5.02 Å². The topological polar surface area (TPSA) is 37.3 Å². The van der Waals surface area contributed by atoms with E-state index in [9.17, 15) is 9.90 Å². The summed E-state index contributed by atoms with van der Waals surface area (Å²) in [5.41, 5.74) is -0.852. The van der Waals surface area contributed by atoms with Crippen LogP contribution in [0.3, 0.4) is 0 Å². The Labute approximate surface area is 82.2 Å². The molecule has 0 spiro atoms. The van der Waals surface area contributed by atoms with E-state index < -0.39 is 5.60 Å². The first-order valence-corrected chi connectivity index (χ1v) is 4.32. The van der Waals surface area contributed by atoms with E-state index in [0.29, 0.717) is 10.6 Å². The summed E-state index contributed by atoms with van der Waals surface area (Å²) in [6.45, 7) is 2.83. The normalized spacial score (nSPS) is 15.1. The van der Waals surface area contributed by atoms with Crippen LogP contribution in [0.5, 0.6) is 0 Å². The van der Waals surface area contributed by atoms with Crippen molar-refractivity contribution in [2.45, 2.75) is 19.4 Å². The molecule has 0 aliphatic carbocycles. The van der Waals surface area contributed by atoms with Crippen molar-refractivity contribution in [1.82, 2.24) is 0 Å². The quantitative estimate of drug-likeness (QED) is 0.791. The number of rotatable bonds is 2. The number of carbonyl (C=O) groups excluding carboxylic acids is 1. The van der Waals surface area contributed by atoms with Gasteiger partial charge < -0.3 is 5.11 Å². The average Bonchev–Trinajstić information content (AvgIpc) is 2.04. The molecule has 1 unspecified atom stereocenters. The molecule has 0 saturated heterocycles. The predicted molar refractivity (Wildman–Crippen MR) is 51.7 cm³/mol. The van der Waals surface area contributed by atoms with E-state index in [-0.39, 0.29) is 5.78 Å². The Balaban J connectivity index is 3.08. The van der Waals surface area contributed by atoms with Gasteiger partial charge in [-0.1, -0.05) is 23.7 Å². The van der Waals surface area contributed by atoms with Crippen LogP contribution < -0.4 is 0 Å². The van der Waals surface area contributed by atoms with Crippen molar-refractivity contribution in [3.63, 3.8) is 0 Å². The Bertz CT molecular complexity index is 314. The second kappa shape index (κ2) is 3.48. The molecule has 2 nitrogen and oxygen atoms in total. The van der Waals surface area contributed by atoms with Crippen LogP contribution in [-0.4, -0.2) is 10.9 Å². The number of hydrogen-bond acceptors (Lipinski definition) is 2. The van der Waals surface area contributed by atoms with Crippen LogP contribution in [0.1, 0.15) is 19.4 Å². The van der Waals surface area contributed by atoms with Crippen molar-refractivity contribution in [3.8, 4) is 0 Å². The van der Waals surface area contributed by atoms with E-state index in [0.717, 1.165) is 0 Å². The first-order valence-electron chi connectivity index (χ1n) is 3.94. The van der Waals surface area contributed by atoms with Crippen molar-refractivity contribution >= 4 is 17.4 Å². The molecule has 70 valence electrons. The first kappa shape index (κ1) is 10.2. The molecule has 0 amide bonds. The summed E-state index contributed by atoms with van der Waals surface area (Å²) in [6.07, 6.45) is 0. The SMILES string of the molecule is CC(=O)C(C)(O)c1ccc(Cl)cc1. The van der Waals surface area contributed by atoms with Crippen LogP contribution in [0.25, 0.3) is 0 Å². The van der Waals surface area contributed by atoms with Crippen LogP contribution in [0.15, 0.2) is 24.3 Å². The highest BCUT2D eigenvalue weighted by molar-refractivity contribution is 6.30. The highest BCUT2D eigenvalue weighted by Gasteiger charge is 2.28. The number of hydrogen-bond donors (Lipinski definition) is 1. The Morgan fingerprint density at radius 2 is 1.85 bits per heavy atom. The largest absolute Gasteiger partial charge is 0.378 e. The molecular formula is C10H11ClO2. The third-order valence-electron chi connectivity index (χ3n) is 2.09. The third kappa shape index (κ3) is 2.08. The van der Waals surface area contributed by atoms with Gasteiger partial charge in [0.1, 0.15) is 5.60 Å². The fraction of sp³-hybridized carbons (Fsp3) is 0.300. The van der Waals surface area contributed by atoms with Crippen molar-refractivity contribution in [2.24, 2.45) is 0 Å². The Morgan fingerprint density at radius 1 is 1.38 bits per heavy atom. The number of carbonyl (C=O) groups is 1. The first-order chi connectivity index (χ1) is 5.94. The van der Waals surface area contributed by atoms with E-state index >= 15 is 0 Å². The van der Waals surface area contributed by atoms with Gasteiger partial charge in [-0.05, 0) is 31.5 Å². The lowest BCUT2D eigenvalue weighted by Gasteiger charge is -2.19. The monoisotopic (exact) mass is 198 g/mol. The lowest BCUT2D eigenvalue weighted by molar-refractivity contribution is -0.134. The van der Waals surface area contributed by atoms with Crippen LogP contribution in [0.4, 0.5) is 0 Å². The van der Waals surface area contributed by atoms with Crippen molar-refractivity contribution in [3.05, 3.63) is 34.9 Å². The number of halogens is 1. The molecule has 0 aliphatic rings. The molecule has 1 rings (SSSR count). The van der Waals surface area contributed by atoms with Gasteiger partial charge in [0.05, 0.1) is 0 Å². The van der Waals surface area contributed by atoms with Gasteiger partial charge in [0.15, 0.2) is 5.78 Å².